The lowest BCUT2D eigenvalue weighted by Gasteiger charge is -2.12. The van der Waals surface area contributed by atoms with Crippen LogP contribution in [-0.4, -0.2) is 32.2 Å². The molecule has 3 aromatic carbocycles. The number of para-hydroxylation sites is 1. The van der Waals surface area contributed by atoms with E-state index in [9.17, 15) is 9.59 Å². The number of carbonyl (C=O) groups is 2. The summed E-state index contributed by atoms with van der Waals surface area (Å²) in [5.74, 6) is 0.132. The number of nitrogens with one attached hydrogen (secondary N) is 2. The van der Waals surface area contributed by atoms with Crippen LogP contribution >= 0.6 is 0 Å². The van der Waals surface area contributed by atoms with Crippen LogP contribution in [0.15, 0.2) is 65.8 Å². The topological polar surface area (TPSA) is 89.0 Å². The Bertz CT molecular complexity index is 1150. The number of ether oxygens (including phenoxy) is 2. The summed E-state index contributed by atoms with van der Waals surface area (Å²) in [6.07, 6.45) is 1.58. The molecule has 3 rings (SSSR count). The number of hydrazone groups is 1. The monoisotopic (exact) mass is 431 g/mol. The molecule has 0 spiro atoms. The first-order chi connectivity index (χ1) is 15.4. The molecular formula is C25H25N3O4. The highest BCUT2D eigenvalue weighted by molar-refractivity contribution is 6.09. The summed E-state index contributed by atoms with van der Waals surface area (Å²) in [6, 6.07) is 17.5. The number of nitrogens with zero attached hydrogens (tertiary/aromatic N) is 1. The van der Waals surface area contributed by atoms with Gasteiger partial charge in [-0.05, 0) is 54.8 Å². The Kier molecular flexibility index (Phi) is 7.23. The second kappa shape index (κ2) is 10.3. The number of hydrogen-bond donors (Lipinski definition) is 2. The van der Waals surface area contributed by atoms with Gasteiger partial charge < -0.3 is 14.8 Å². The van der Waals surface area contributed by atoms with Crippen molar-refractivity contribution in [3.05, 3.63) is 88.5 Å². The van der Waals surface area contributed by atoms with Crippen molar-refractivity contribution in [2.45, 2.75) is 13.8 Å². The van der Waals surface area contributed by atoms with E-state index in [2.05, 4.69) is 15.8 Å². The minimum absolute atomic E-state index is 0.285. The van der Waals surface area contributed by atoms with E-state index in [1.54, 1.807) is 48.7 Å². The van der Waals surface area contributed by atoms with E-state index in [1.165, 1.54) is 19.8 Å². The molecule has 0 aliphatic rings. The maximum Gasteiger partial charge on any atom is 0.273 e. The zero-order valence-electron chi connectivity index (χ0n) is 18.4. The van der Waals surface area contributed by atoms with Crippen LogP contribution in [0.5, 0.6) is 11.5 Å². The molecule has 0 aliphatic carbocycles. The van der Waals surface area contributed by atoms with Crippen LogP contribution in [0.4, 0.5) is 5.69 Å². The van der Waals surface area contributed by atoms with E-state index in [1.807, 2.05) is 32.0 Å². The minimum Gasteiger partial charge on any atom is -0.497 e. The van der Waals surface area contributed by atoms with Crippen LogP contribution in [0.3, 0.4) is 0 Å². The molecule has 0 aliphatic heterocycles. The third-order valence-electron chi connectivity index (χ3n) is 4.94. The van der Waals surface area contributed by atoms with Crippen LogP contribution in [0.2, 0.25) is 0 Å². The second-order valence-electron chi connectivity index (χ2n) is 7.14. The smallest absolute Gasteiger partial charge is 0.273 e. The third-order valence-corrected chi connectivity index (χ3v) is 4.94. The lowest BCUT2D eigenvalue weighted by atomic mass is 10.1. The van der Waals surface area contributed by atoms with Gasteiger partial charge in [0.2, 0.25) is 0 Å². The van der Waals surface area contributed by atoms with E-state index in [4.69, 9.17) is 9.47 Å². The predicted molar refractivity (Wildman–Crippen MR) is 125 cm³/mol. The van der Waals surface area contributed by atoms with Crippen molar-refractivity contribution in [1.82, 2.24) is 5.43 Å². The summed E-state index contributed by atoms with van der Waals surface area (Å²) in [7, 11) is 3.02. The number of benzene rings is 3. The molecule has 0 fully saturated rings. The Labute approximate surface area is 187 Å². The van der Waals surface area contributed by atoms with Crippen LogP contribution in [0, 0.1) is 13.8 Å². The Morgan fingerprint density at radius 3 is 2.19 bits per heavy atom. The highest BCUT2D eigenvalue weighted by Crippen LogP contribution is 2.24. The quantitative estimate of drug-likeness (QED) is 0.430. The molecule has 2 amide bonds. The van der Waals surface area contributed by atoms with Crippen molar-refractivity contribution in [3.63, 3.8) is 0 Å². The average Bonchev–Trinajstić information content (AvgIpc) is 2.81. The standard InChI is InChI=1S/C25H25N3O4/c1-16-9-10-18(11-17(16)2)15-26-28-25(30)22-7-5-6-8-23(22)27-24(29)19-12-20(31-3)14-21(13-19)32-4/h5-15H,1-4H3,(H,27,29)(H,28,30)/b26-15+. The number of hydrogen-bond acceptors (Lipinski definition) is 5. The van der Waals surface area contributed by atoms with E-state index in [0.29, 0.717) is 22.7 Å². The largest absolute Gasteiger partial charge is 0.497 e. The second-order valence-corrected chi connectivity index (χ2v) is 7.14. The van der Waals surface area contributed by atoms with Crippen molar-refractivity contribution in [2.24, 2.45) is 5.10 Å². The lowest BCUT2D eigenvalue weighted by molar-refractivity contribution is 0.0956. The Hall–Kier alpha value is -4.13. The summed E-state index contributed by atoms with van der Waals surface area (Å²) in [6.45, 7) is 4.05. The van der Waals surface area contributed by atoms with Gasteiger partial charge in [0.1, 0.15) is 11.5 Å². The number of rotatable bonds is 7. The summed E-state index contributed by atoms with van der Waals surface area (Å²) in [5.41, 5.74) is 6.70. The van der Waals surface area contributed by atoms with Crippen molar-refractivity contribution in [3.8, 4) is 11.5 Å². The van der Waals surface area contributed by atoms with Gasteiger partial charge in [0.25, 0.3) is 11.8 Å². The molecule has 0 bridgehead atoms. The number of amides is 2. The summed E-state index contributed by atoms with van der Waals surface area (Å²) >= 11 is 0. The number of methoxy groups -OCH3 is 2. The highest BCUT2D eigenvalue weighted by atomic mass is 16.5. The van der Waals surface area contributed by atoms with Crippen molar-refractivity contribution >= 4 is 23.7 Å². The molecule has 32 heavy (non-hydrogen) atoms. The minimum atomic E-state index is -0.441. The molecule has 2 N–H and O–H groups in total. The van der Waals surface area contributed by atoms with Gasteiger partial charge in [-0.15, -0.1) is 0 Å². The van der Waals surface area contributed by atoms with E-state index >= 15 is 0 Å². The number of carbonyl (C=O) groups excluding carboxylic acids is 2. The Morgan fingerprint density at radius 2 is 1.53 bits per heavy atom. The zero-order chi connectivity index (χ0) is 23.1. The molecule has 164 valence electrons. The predicted octanol–water partition coefficient (Wildman–Crippen LogP) is 4.34. The molecule has 7 heteroatoms. The summed E-state index contributed by atoms with van der Waals surface area (Å²) in [4.78, 5) is 25.5. The molecule has 0 aromatic heterocycles. The molecule has 3 aromatic rings. The molecule has 0 atom stereocenters. The van der Waals surface area contributed by atoms with Crippen LogP contribution in [0.1, 0.15) is 37.4 Å². The van der Waals surface area contributed by atoms with Gasteiger partial charge in [-0.3, -0.25) is 9.59 Å². The van der Waals surface area contributed by atoms with Crippen molar-refractivity contribution in [2.75, 3.05) is 19.5 Å². The molecule has 0 heterocycles. The molecule has 0 unspecified atom stereocenters. The van der Waals surface area contributed by atoms with Crippen molar-refractivity contribution in [1.29, 1.82) is 0 Å². The van der Waals surface area contributed by atoms with E-state index < -0.39 is 11.8 Å². The first kappa shape index (κ1) is 22.6. The SMILES string of the molecule is COc1cc(OC)cc(C(=O)Nc2ccccc2C(=O)N/N=C/c2ccc(C)c(C)c2)c1. The fraction of sp³-hybridized carbons (Fsp3) is 0.160. The normalized spacial score (nSPS) is 10.6. The van der Waals surface area contributed by atoms with Gasteiger partial charge in [0.05, 0.1) is 31.7 Å². The summed E-state index contributed by atoms with van der Waals surface area (Å²) < 4.78 is 10.4. The Morgan fingerprint density at radius 1 is 0.844 bits per heavy atom. The average molecular weight is 431 g/mol. The molecule has 0 saturated heterocycles. The van der Waals surface area contributed by atoms with Gasteiger partial charge in [-0.25, -0.2) is 5.43 Å². The zero-order valence-corrected chi connectivity index (χ0v) is 18.4. The maximum absolute atomic E-state index is 12.8. The molecule has 0 radical (unpaired) electrons. The van der Waals surface area contributed by atoms with Gasteiger partial charge in [0.15, 0.2) is 0 Å². The van der Waals surface area contributed by atoms with Gasteiger partial charge in [-0.2, -0.15) is 5.10 Å². The van der Waals surface area contributed by atoms with E-state index in [0.717, 1.165) is 11.1 Å². The van der Waals surface area contributed by atoms with Gasteiger partial charge in [-0.1, -0.05) is 30.3 Å². The molecule has 7 nitrogen and oxygen atoms in total. The lowest BCUT2D eigenvalue weighted by Crippen LogP contribution is -2.21. The van der Waals surface area contributed by atoms with Crippen LogP contribution < -0.4 is 20.2 Å². The van der Waals surface area contributed by atoms with Gasteiger partial charge >= 0.3 is 0 Å². The van der Waals surface area contributed by atoms with Gasteiger partial charge in [0, 0.05) is 11.6 Å². The highest BCUT2D eigenvalue weighted by Gasteiger charge is 2.15. The number of anilines is 1. The molecular weight excluding hydrogens is 406 g/mol. The molecule has 0 saturated carbocycles. The van der Waals surface area contributed by atoms with E-state index in [-0.39, 0.29) is 5.56 Å². The number of aryl methyl sites for hydroxylation is 2. The van der Waals surface area contributed by atoms with Crippen LogP contribution in [0.25, 0.3) is 0 Å². The van der Waals surface area contributed by atoms with Crippen molar-refractivity contribution < 1.29 is 19.1 Å². The Balaban J connectivity index is 1.75. The fourth-order valence-electron chi connectivity index (χ4n) is 2.99. The van der Waals surface area contributed by atoms with Crippen LogP contribution in [-0.2, 0) is 0 Å². The third kappa shape index (κ3) is 5.51. The first-order valence-corrected chi connectivity index (χ1v) is 9.95. The fourth-order valence-corrected chi connectivity index (χ4v) is 2.99. The first-order valence-electron chi connectivity index (χ1n) is 9.95. The summed E-state index contributed by atoms with van der Waals surface area (Å²) in [5, 5.41) is 6.81. The maximum atomic E-state index is 12.8.